The summed E-state index contributed by atoms with van der Waals surface area (Å²) in [5, 5.41) is 11.1. The first kappa shape index (κ1) is 23.1. The molecule has 0 aliphatic rings. The number of amides is 1. The fourth-order valence-electron chi connectivity index (χ4n) is 2.97. The zero-order chi connectivity index (χ0) is 22.8. The van der Waals surface area contributed by atoms with Crippen molar-refractivity contribution in [2.24, 2.45) is 0 Å². The Bertz CT molecular complexity index is 974. The van der Waals surface area contributed by atoms with Crippen molar-refractivity contribution >= 4 is 5.91 Å². The Labute approximate surface area is 188 Å². The highest BCUT2D eigenvalue weighted by atomic mass is 16.5. The normalized spacial score (nSPS) is 11.5. The van der Waals surface area contributed by atoms with Crippen molar-refractivity contribution < 1.29 is 19.0 Å². The molecule has 1 unspecified atom stereocenters. The van der Waals surface area contributed by atoms with Gasteiger partial charge in [-0.2, -0.15) is 0 Å². The molecular weight excluding hydrogens is 406 g/mol. The van der Waals surface area contributed by atoms with Crippen molar-refractivity contribution in [3.05, 3.63) is 66.2 Å². The molecule has 0 bridgehead atoms. The number of ether oxygens (including phenoxy) is 3. The van der Waals surface area contributed by atoms with Gasteiger partial charge in [-0.3, -0.25) is 4.79 Å². The molecule has 0 saturated carbocycles. The minimum atomic E-state index is -0.601. The van der Waals surface area contributed by atoms with E-state index in [0.29, 0.717) is 24.8 Å². The van der Waals surface area contributed by atoms with Gasteiger partial charge in [-0.05, 0) is 68.3 Å². The van der Waals surface area contributed by atoms with Gasteiger partial charge in [0.25, 0.3) is 5.91 Å². The minimum Gasteiger partial charge on any atom is -0.494 e. The summed E-state index contributed by atoms with van der Waals surface area (Å²) < 4.78 is 16.7. The number of aromatic nitrogens is 2. The second kappa shape index (κ2) is 11.7. The quantitative estimate of drug-likeness (QED) is 0.457. The van der Waals surface area contributed by atoms with Crippen molar-refractivity contribution in [1.29, 1.82) is 0 Å². The van der Waals surface area contributed by atoms with Gasteiger partial charge in [0, 0.05) is 11.6 Å². The number of carbonyl (C=O) groups is 1. The van der Waals surface area contributed by atoms with Crippen LogP contribution in [0.1, 0.15) is 26.3 Å². The lowest BCUT2D eigenvalue weighted by Crippen LogP contribution is -2.38. The van der Waals surface area contributed by atoms with E-state index in [9.17, 15) is 4.79 Å². The van der Waals surface area contributed by atoms with Crippen molar-refractivity contribution in [1.82, 2.24) is 15.5 Å². The Kier molecular flexibility index (Phi) is 8.43. The van der Waals surface area contributed by atoms with Crippen molar-refractivity contribution in [3.63, 3.8) is 0 Å². The van der Waals surface area contributed by atoms with E-state index in [1.165, 1.54) is 5.56 Å². The van der Waals surface area contributed by atoms with Gasteiger partial charge >= 0.3 is 0 Å². The van der Waals surface area contributed by atoms with E-state index < -0.39 is 6.10 Å². The van der Waals surface area contributed by atoms with Crippen LogP contribution in [0.4, 0.5) is 0 Å². The van der Waals surface area contributed by atoms with Crippen LogP contribution in [0, 0.1) is 0 Å². The molecule has 0 spiro atoms. The molecule has 0 saturated heterocycles. The van der Waals surface area contributed by atoms with Gasteiger partial charge in [0.2, 0.25) is 5.88 Å². The number of rotatable bonds is 11. The van der Waals surface area contributed by atoms with Gasteiger partial charge in [0.15, 0.2) is 6.10 Å². The zero-order valence-corrected chi connectivity index (χ0v) is 18.7. The molecule has 168 valence electrons. The van der Waals surface area contributed by atoms with Gasteiger partial charge in [0.05, 0.1) is 18.8 Å². The summed E-state index contributed by atoms with van der Waals surface area (Å²) in [6.07, 6.45) is 0.362. The van der Waals surface area contributed by atoms with Crippen LogP contribution in [-0.4, -0.2) is 42.0 Å². The van der Waals surface area contributed by atoms with Crippen LogP contribution in [0.2, 0.25) is 0 Å². The second-order valence-electron chi connectivity index (χ2n) is 7.11. The summed E-state index contributed by atoms with van der Waals surface area (Å²) in [4.78, 5) is 12.2. The molecule has 0 fully saturated rings. The fourth-order valence-corrected chi connectivity index (χ4v) is 2.97. The van der Waals surface area contributed by atoms with Gasteiger partial charge in [-0.1, -0.05) is 19.1 Å². The van der Waals surface area contributed by atoms with Crippen molar-refractivity contribution in [2.75, 3.05) is 19.8 Å². The van der Waals surface area contributed by atoms with Gasteiger partial charge in [0.1, 0.15) is 18.1 Å². The van der Waals surface area contributed by atoms with E-state index in [2.05, 4.69) is 22.4 Å². The molecule has 32 heavy (non-hydrogen) atoms. The molecule has 1 heterocycles. The third kappa shape index (κ3) is 6.70. The number of nitrogens with one attached hydrogen (secondary N) is 1. The van der Waals surface area contributed by atoms with E-state index in [1.54, 1.807) is 13.0 Å². The molecule has 0 aliphatic carbocycles. The summed E-state index contributed by atoms with van der Waals surface area (Å²) in [7, 11) is 0. The SMILES string of the molecule is CCOc1ccc(-c2ccc(OCCNC(=O)C(C)Oc3ccc(CC)cc3)nn2)cc1. The maximum absolute atomic E-state index is 12.2. The summed E-state index contributed by atoms with van der Waals surface area (Å²) in [6, 6.07) is 19.0. The van der Waals surface area contributed by atoms with Crippen LogP contribution in [0.15, 0.2) is 60.7 Å². The molecular formula is C25H29N3O4. The number of hydrogen-bond acceptors (Lipinski definition) is 6. The second-order valence-corrected chi connectivity index (χ2v) is 7.11. The Balaban J connectivity index is 1.40. The lowest BCUT2D eigenvalue weighted by molar-refractivity contribution is -0.127. The van der Waals surface area contributed by atoms with Crippen molar-refractivity contribution in [3.8, 4) is 28.6 Å². The maximum Gasteiger partial charge on any atom is 0.260 e. The average Bonchev–Trinajstić information content (AvgIpc) is 2.83. The molecule has 0 radical (unpaired) electrons. The molecule has 7 nitrogen and oxygen atoms in total. The zero-order valence-electron chi connectivity index (χ0n) is 18.7. The molecule has 3 rings (SSSR count). The molecule has 1 N–H and O–H groups in total. The molecule has 2 aromatic carbocycles. The van der Waals surface area contributed by atoms with E-state index in [-0.39, 0.29) is 12.5 Å². The molecule has 1 aromatic heterocycles. The van der Waals surface area contributed by atoms with E-state index in [1.807, 2.05) is 61.5 Å². The average molecular weight is 436 g/mol. The third-order valence-electron chi connectivity index (χ3n) is 4.77. The van der Waals surface area contributed by atoms with E-state index in [4.69, 9.17) is 14.2 Å². The summed E-state index contributed by atoms with van der Waals surface area (Å²) in [5.74, 6) is 1.68. The first-order valence-electron chi connectivity index (χ1n) is 10.8. The molecule has 1 atom stereocenters. The van der Waals surface area contributed by atoms with Crippen LogP contribution in [0.25, 0.3) is 11.3 Å². The number of benzene rings is 2. The van der Waals surface area contributed by atoms with Crippen LogP contribution in [0.5, 0.6) is 17.4 Å². The first-order valence-corrected chi connectivity index (χ1v) is 10.8. The third-order valence-corrected chi connectivity index (χ3v) is 4.77. The monoisotopic (exact) mass is 435 g/mol. The van der Waals surface area contributed by atoms with Crippen LogP contribution in [-0.2, 0) is 11.2 Å². The summed E-state index contributed by atoms with van der Waals surface area (Å²) in [6.45, 7) is 7.00. The summed E-state index contributed by atoms with van der Waals surface area (Å²) in [5.41, 5.74) is 2.91. The number of hydrogen-bond donors (Lipinski definition) is 1. The highest BCUT2D eigenvalue weighted by molar-refractivity contribution is 5.80. The molecule has 7 heteroatoms. The smallest absolute Gasteiger partial charge is 0.260 e. The number of nitrogens with zero attached hydrogens (tertiary/aromatic N) is 2. The Morgan fingerprint density at radius 3 is 2.25 bits per heavy atom. The first-order chi connectivity index (χ1) is 15.6. The molecule has 3 aromatic rings. The predicted octanol–water partition coefficient (Wildman–Crippen LogP) is 4.07. The largest absolute Gasteiger partial charge is 0.494 e. The lowest BCUT2D eigenvalue weighted by atomic mass is 10.1. The Morgan fingerprint density at radius 1 is 0.906 bits per heavy atom. The van der Waals surface area contributed by atoms with Gasteiger partial charge in [-0.25, -0.2) is 0 Å². The summed E-state index contributed by atoms with van der Waals surface area (Å²) >= 11 is 0. The van der Waals surface area contributed by atoms with E-state index >= 15 is 0 Å². The molecule has 1 amide bonds. The molecule has 0 aliphatic heterocycles. The number of carbonyl (C=O) groups excluding carboxylic acids is 1. The highest BCUT2D eigenvalue weighted by Crippen LogP contribution is 2.21. The minimum absolute atomic E-state index is 0.204. The maximum atomic E-state index is 12.2. The highest BCUT2D eigenvalue weighted by Gasteiger charge is 2.14. The Hall–Kier alpha value is -3.61. The lowest BCUT2D eigenvalue weighted by Gasteiger charge is -2.15. The number of aryl methyl sites for hydroxylation is 1. The fraction of sp³-hybridized carbons (Fsp3) is 0.320. The Morgan fingerprint density at radius 2 is 1.62 bits per heavy atom. The topological polar surface area (TPSA) is 82.6 Å². The van der Waals surface area contributed by atoms with Gasteiger partial charge in [-0.15, -0.1) is 10.2 Å². The standard InChI is InChI=1S/C25H29N3O4/c1-4-19-6-10-22(11-7-19)32-18(3)25(29)26-16-17-31-24-15-14-23(27-28-24)20-8-12-21(13-9-20)30-5-2/h6-15,18H,4-5,16-17H2,1-3H3,(H,26,29). The predicted molar refractivity (Wildman–Crippen MR) is 123 cm³/mol. The van der Waals surface area contributed by atoms with Crippen LogP contribution < -0.4 is 19.5 Å². The van der Waals surface area contributed by atoms with E-state index in [0.717, 1.165) is 23.4 Å². The van der Waals surface area contributed by atoms with Gasteiger partial charge < -0.3 is 19.5 Å². The van der Waals surface area contributed by atoms with Crippen molar-refractivity contribution in [2.45, 2.75) is 33.3 Å². The van der Waals surface area contributed by atoms with Crippen LogP contribution >= 0.6 is 0 Å². The van der Waals surface area contributed by atoms with Crippen LogP contribution in [0.3, 0.4) is 0 Å².